The molecule has 8 heteroatoms. The molecule has 0 bridgehead atoms. The summed E-state index contributed by atoms with van der Waals surface area (Å²) in [7, 11) is -6.62. The third-order valence-corrected chi connectivity index (χ3v) is 13.5. The Kier molecular flexibility index (Phi) is 8.85. The van der Waals surface area contributed by atoms with E-state index in [1.807, 2.05) is 32.9 Å². The van der Waals surface area contributed by atoms with Crippen molar-refractivity contribution in [1.29, 1.82) is 0 Å². The standard InChI is InChI=1S/C31H40O6SSi/c1-24-17-19-25(20-18-24)38(32,33)34-23-29-28(36-31(5,6)37-29)21-22-35-39(30(2,3)4,26-13-9-7-10-14-26)27-15-11-8-12-16-27/h7-20,28-29H,21-23H2,1-6H3/t28-,29-/m1/s1. The third-order valence-electron chi connectivity index (χ3n) is 7.12. The van der Waals surface area contributed by atoms with E-state index in [1.54, 1.807) is 24.3 Å². The zero-order chi connectivity index (χ0) is 28.3. The van der Waals surface area contributed by atoms with Crippen LogP contribution < -0.4 is 10.4 Å². The minimum Gasteiger partial charge on any atom is -0.407 e. The fraction of sp³-hybridized carbons (Fsp3) is 0.419. The van der Waals surface area contributed by atoms with Crippen LogP contribution in [0.2, 0.25) is 5.04 Å². The van der Waals surface area contributed by atoms with E-state index in [-0.39, 0.29) is 22.6 Å². The topological polar surface area (TPSA) is 71.1 Å². The number of hydrogen-bond acceptors (Lipinski definition) is 6. The van der Waals surface area contributed by atoms with E-state index < -0.39 is 30.3 Å². The Hall–Kier alpha value is -2.33. The Labute approximate surface area is 234 Å². The lowest BCUT2D eigenvalue weighted by molar-refractivity contribution is -0.149. The van der Waals surface area contributed by atoms with Crippen molar-refractivity contribution in [2.75, 3.05) is 13.2 Å². The number of benzene rings is 3. The van der Waals surface area contributed by atoms with Crippen molar-refractivity contribution >= 4 is 28.8 Å². The van der Waals surface area contributed by atoms with E-state index in [2.05, 4.69) is 69.3 Å². The maximum Gasteiger partial charge on any atom is 0.297 e. The van der Waals surface area contributed by atoms with Gasteiger partial charge >= 0.3 is 0 Å². The summed E-state index contributed by atoms with van der Waals surface area (Å²) in [6, 6.07) is 27.6. The molecule has 3 aromatic carbocycles. The van der Waals surface area contributed by atoms with Gasteiger partial charge < -0.3 is 13.9 Å². The number of hydrogen-bond donors (Lipinski definition) is 0. The predicted molar refractivity (Wildman–Crippen MR) is 156 cm³/mol. The van der Waals surface area contributed by atoms with Crippen molar-refractivity contribution in [2.45, 2.75) is 75.9 Å². The summed E-state index contributed by atoms with van der Waals surface area (Å²) in [5.41, 5.74) is 0.976. The molecule has 6 nitrogen and oxygen atoms in total. The first kappa shape index (κ1) is 29.6. The van der Waals surface area contributed by atoms with Crippen LogP contribution in [0.4, 0.5) is 0 Å². The molecule has 0 aromatic heterocycles. The summed E-state index contributed by atoms with van der Waals surface area (Å²) in [5, 5.41) is 2.26. The van der Waals surface area contributed by atoms with Crippen molar-refractivity contribution in [3.05, 3.63) is 90.5 Å². The predicted octanol–water partition coefficient (Wildman–Crippen LogP) is 5.19. The zero-order valence-corrected chi connectivity index (χ0v) is 25.5. The van der Waals surface area contributed by atoms with Crippen molar-refractivity contribution in [3.63, 3.8) is 0 Å². The normalized spacial score (nSPS) is 19.7. The fourth-order valence-corrected chi connectivity index (χ4v) is 10.8. The van der Waals surface area contributed by atoms with Crippen LogP contribution in [-0.4, -0.2) is 47.9 Å². The molecule has 0 spiro atoms. The summed E-state index contributed by atoms with van der Waals surface area (Å²) in [6.45, 7) is 12.6. The molecule has 39 heavy (non-hydrogen) atoms. The first-order valence-electron chi connectivity index (χ1n) is 13.4. The van der Waals surface area contributed by atoms with Gasteiger partial charge in [0.05, 0.1) is 17.6 Å². The molecule has 0 amide bonds. The summed E-state index contributed by atoms with van der Waals surface area (Å²) in [5.74, 6) is -0.857. The summed E-state index contributed by atoms with van der Waals surface area (Å²) in [6.07, 6.45) is -0.401. The van der Waals surface area contributed by atoms with E-state index in [0.29, 0.717) is 13.0 Å². The smallest absolute Gasteiger partial charge is 0.297 e. The highest BCUT2D eigenvalue weighted by molar-refractivity contribution is 7.86. The van der Waals surface area contributed by atoms with Gasteiger partial charge in [-0.2, -0.15) is 8.42 Å². The lowest BCUT2D eigenvalue weighted by atomic mass is 10.1. The molecule has 4 rings (SSSR count). The zero-order valence-electron chi connectivity index (χ0n) is 23.7. The lowest BCUT2D eigenvalue weighted by Gasteiger charge is -2.43. The molecule has 0 saturated carbocycles. The van der Waals surface area contributed by atoms with Crippen molar-refractivity contribution < 1.29 is 26.5 Å². The minimum absolute atomic E-state index is 0.123. The molecule has 1 aliphatic heterocycles. The first-order chi connectivity index (χ1) is 18.3. The van der Waals surface area contributed by atoms with Crippen molar-refractivity contribution in [3.8, 4) is 0 Å². The highest BCUT2D eigenvalue weighted by Gasteiger charge is 2.50. The van der Waals surface area contributed by atoms with Gasteiger partial charge in [0.1, 0.15) is 6.10 Å². The average Bonchev–Trinajstić information content (AvgIpc) is 3.19. The molecule has 0 aliphatic carbocycles. The summed E-state index contributed by atoms with van der Waals surface area (Å²) >= 11 is 0. The van der Waals surface area contributed by atoms with Gasteiger partial charge in [0.25, 0.3) is 18.4 Å². The number of ether oxygens (including phenoxy) is 2. The first-order valence-corrected chi connectivity index (χ1v) is 16.7. The summed E-state index contributed by atoms with van der Waals surface area (Å²) < 4.78 is 50.3. The number of aryl methyl sites for hydroxylation is 1. The Balaban J connectivity index is 1.52. The molecular formula is C31H40O6SSi. The fourth-order valence-electron chi connectivity index (χ4n) is 5.31. The Morgan fingerprint density at radius 2 is 1.33 bits per heavy atom. The largest absolute Gasteiger partial charge is 0.407 e. The van der Waals surface area contributed by atoms with E-state index in [9.17, 15) is 8.42 Å². The number of rotatable bonds is 10. The molecular weight excluding hydrogens is 528 g/mol. The van der Waals surface area contributed by atoms with Crippen LogP contribution in [0.1, 0.15) is 46.6 Å². The van der Waals surface area contributed by atoms with Crippen LogP contribution in [0.3, 0.4) is 0 Å². The van der Waals surface area contributed by atoms with Gasteiger partial charge in [-0.3, -0.25) is 4.18 Å². The van der Waals surface area contributed by atoms with Gasteiger partial charge in [0.15, 0.2) is 5.79 Å². The SMILES string of the molecule is Cc1ccc(S(=O)(=O)OC[C@H]2OC(C)(C)O[C@@H]2CCO[Si](c2ccccc2)(c2ccccc2)C(C)(C)C)cc1. The second kappa shape index (κ2) is 11.6. The second-order valence-corrected chi connectivity index (χ2v) is 17.5. The summed E-state index contributed by atoms with van der Waals surface area (Å²) in [4.78, 5) is 0.123. The van der Waals surface area contributed by atoms with Crippen LogP contribution >= 0.6 is 0 Å². The highest BCUT2D eigenvalue weighted by Crippen LogP contribution is 2.37. The molecule has 1 heterocycles. The molecule has 210 valence electrons. The van der Waals surface area contributed by atoms with Gasteiger partial charge in [0.2, 0.25) is 0 Å². The Morgan fingerprint density at radius 1 is 0.821 bits per heavy atom. The maximum atomic E-state index is 12.8. The molecule has 0 N–H and O–H groups in total. The molecule has 2 atom stereocenters. The van der Waals surface area contributed by atoms with Crippen LogP contribution in [-0.2, 0) is 28.2 Å². The Morgan fingerprint density at radius 3 is 1.85 bits per heavy atom. The van der Waals surface area contributed by atoms with Gasteiger partial charge in [0, 0.05) is 6.61 Å². The van der Waals surface area contributed by atoms with E-state index in [4.69, 9.17) is 18.1 Å². The van der Waals surface area contributed by atoms with Gasteiger partial charge in [-0.1, -0.05) is 99.1 Å². The monoisotopic (exact) mass is 568 g/mol. The molecule has 1 aliphatic rings. The van der Waals surface area contributed by atoms with Crippen LogP contribution in [0, 0.1) is 6.92 Å². The second-order valence-electron chi connectivity index (χ2n) is 11.6. The van der Waals surface area contributed by atoms with E-state index >= 15 is 0 Å². The molecule has 1 fully saturated rings. The molecule has 3 aromatic rings. The van der Waals surface area contributed by atoms with Crippen molar-refractivity contribution in [2.24, 2.45) is 0 Å². The maximum absolute atomic E-state index is 12.8. The van der Waals surface area contributed by atoms with Crippen LogP contribution in [0.15, 0.2) is 89.8 Å². The molecule has 1 saturated heterocycles. The van der Waals surface area contributed by atoms with Gasteiger partial charge in [-0.05, 0) is 54.7 Å². The molecule has 0 radical (unpaired) electrons. The average molecular weight is 569 g/mol. The van der Waals surface area contributed by atoms with E-state index in [0.717, 1.165) is 5.56 Å². The molecule has 0 unspecified atom stereocenters. The Bertz CT molecular complexity index is 1280. The van der Waals surface area contributed by atoms with Crippen LogP contribution in [0.25, 0.3) is 0 Å². The lowest BCUT2D eigenvalue weighted by Crippen LogP contribution is -2.66. The quantitative estimate of drug-likeness (QED) is 0.248. The van der Waals surface area contributed by atoms with Crippen molar-refractivity contribution in [1.82, 2.24) is 0 Å². The van der Waals surface area contributed by atoms with Crippen LogP contribution in [0.5, 0.6) is 0 Å². The minimum atomic E-state index is -3.92. The van der Waals surface area contributed by atoms with E-state index in [1.165, 1.54) is 10.4 Å². The third kappa shape index (κ3) is 6.70. The van der Waals surface area contributed by atoms with Gasteiger partial charge in [-0.15, -0.1) is 0 Å². The van der Waals surface area contributed by atoms with Gasteiger partial charge in [-0.25, -0.2) is 0 Å². The highest BCUT2D eigenvalue weighted by atomic mass is 32.2.